The van der Waals surface area contributed by atoms with E-state index in [1.165, 1.54) is 0 Å². The summed E-state index contributed by atoms with van der Waals surface area (Å²) in [6, 6.07) is 6.17. The van der Waals surface area contributed by atoms with Gasteiger partial charge in [-0.2, -0.15) is 0 Å². The monoisotopic (exact) mass is 259 g/mol. The number of rotatable bonds is 5. The molecular weight excluding hydrogens is 238 g/mol. The van der Waals surface area contributed by atoms with Gasteiger partial charge in [0.05, 0.1) is 12.3 Å². The van der Waals surface area contributed by atoms with E-state index in [-0.39, 0.29) is 0 Å². The topological polar surface area (TPSA) is 63.9 Å². The molecule has 1 aromatic heterocycles. The Hall–Kier alpha value is -1.81. The van der Waals surface area contributed by atoms with Crippen molar-refractivity contribution in [1.29, 1.82) is 0 Å². The number of nitrogens with one attached hydrogen (secondary N) is 1. The van der Waals surface area contributed by atoms with Crippen molar-refractivity contribution in [3.05, 3.63) is 35.3 Å². The van der Waals surface area contributed by atoms with E-state index in [0.29, 0.717) is 13.2 Å². The average molecular weight is 259 g/mol. The molecule has 2 aromatic rings. The van der Waals surface area contributed by atoms with Crippen LogP contribution in [0.5, 0.6) is 5.75 Å². The van der Waals surface area contributed by atoms with Crippen LogP contribution in [-0.4, -0.2) is 23.1 Å². The number of imidazole rings is 1. The number of hydrogen-bond donors (Lipinski definition) is 2. The van der Waals surface area contributed by atoms with Crippen LogP contribution >= 0.6 is 0 Å². The Morgan fingerprint density at radius 1 is 1.32 bits per heavy atom. The zero-order valence-corrected chi connectivity index (χ0v) is 11.8. The first-order valence-corrected chi connectivity index (χ1v) is 6.65. The second kappa shape index (κ2) is 5.89. The average Bonchev–Trinajstić information content (AvgIpc) is 2.74. The minimum Gasteiger partial charge on any atom is -0.494 e. The highest BCUT2D eigenvalue weighted by Gasteiger charge is 2.11. The number of nitrogens with two attached hydrogens (primary N) is 1. The lowest BCUT2D eigenvalue weighted by Crippen LogP contribution is -2.04. The highest BCUT2D eigenvalue weighted by molar-refractivity contribution is 5.64. The molecule has 0 unspecified atom stereocenters. The summed E-state index contributed by atoms with van der Waals surface area (Å²) in [6.07, 6.45) is 0.808. The first kappa shape index (κ1) is 13.6. The number of nitrogens with zero attached hydrogens (tertiary/aromatic N) is 1. The third-order valence-electron chi connectivity index (χ3n) is 3.04. The number of aromatic amines is 1. The zero-order valence-electron chi connectivity index (χ0n) is 11.8. The predicted octanol–water partition coefficient (Wildman–Crippen LogP) is 2.59. The highest BCUT2D eigenvalue weighted by atomic mass is 16.5. The van der Waals surface area contributed by atoms with E-state index in [1.54, 1.807) is 0 Å². The molecule has 0 saturated carbocycles. The molecule has 0 radical (unpaired) electrons. The van der Waals surface area contributed by atoms with Crippen LogP contribution < -0.4 is 10.5 Å². The van der Waals surface area contributed by atoms with Crippen LogP contribution in [0.1, 0.15) is 24.0 Å². The fraction of sp³-hybridized carbons (Fsp3) is 0.400. The summed E-state index contributed by atoms with van der Waals surface area (Å²) in [5.74, 6) is 1.85. The Bertz CT molecular complexity index is 561. The number of H-pyrrole nitrogens is 1. The number of aryl methyl sites for hydroxylation is 2. The van der Waals surface area contributed by atoms with E-state index >= 15 is 0 Å². The van der Waals surface area contributed by atoms with Crippen molar-refractivity contribution in [2.45, 2.75) is 27.2 Å². The third-order valence-corrected chi connectivity index (χ3v) is 3.04. The summed E-state index contributed by atoms with van der Waals surface area (Å²) in [4.78, 5) is 7.85. The lowest BCUT2D eigenvalue weighted by atomic mass is 10.1. The largest absolute Gasteiger partial charge is 0.494 e. The molecule has 4 nitrogen and oxygen atoms in total. The molecule has 0 fully saturated rings. The molecule has 1 heterocycles. The molecule has 0 aliphatic heterocycles. The van der Waals surface area contributed by atoms with Gasteiger partial charge in [0, 0.05) is 17.7 Å². The van der Waals surface area contributed by atoms with Crippen molar-refractivity contribution in [2.75, 3.05) is 13.2 Å². The van der Waals surface area contributed by atoms with Crippen molar-refractivity contribution in [1.82, 2.24) is 9.97 Å². The molecule has 0 bridgehead atoms. The van der Waals surface area contributed by atoms with Crippen LogP contribution in [0.25, 0.3) is 11.3 Å². The summed E-state index contributed by atoms with van der Waals surface area (Å²) >= 11 is 0. The fourth-order valence-corrected chi connectivity index (χ4v) is 2.22. The summed E-state index contributed by atoms with van der Waals surface area (Å²) in [7, 11) is 0. The molecule has 0 amide bonds. The molecule has 0 aliphatic rings. The molecule has 19 heavy (non-hydrogen) atoms. The van der Waals surface area contributed by atoms with Gasteiger partial charge in [-0.3, -0.25) is 0 Å². The van der Waals surface area contributed by atoms with Crippen molar-refractivity contribution < 1.29 is 4.74 Å². The summed E-state index contributed by atoms with van der Waals surface area (Å²) in [6.45, 7) is 7.30. The fourth-order valence-electron chi connectivity index (χ4n) is 2.22. The van der Waals surface area contributed by atoms with Gasteiger partial charge in [0.1, 0.15) is 11.6 Å². The van der Waals surface area contributed by atoms with Crippen molar-refractivity contribution in [2.24, 2.45) is 5.73 Å². The van der Waals surface area contributed by atoms with Gasteiger partial charge in [0.2, 0.25) is 0 Å². The molecule has 3 N–H and O–H groups in total. The molecule has 102 valence electrons. The van der Waals surface area contributed by atoms with Crippen LogP contribution in [0.2, 0.25) is 0 Å². The second-order valence-electron chi connectivity index (χ2n) is 4.60. The Balaban J connectivity index is 2.38. The predicted molar refractivity (Wildman–Crippen MR) is 77.4 cm³/mol. The van der Waals surface area contributed by atoms with Gasteiger partial charge in [-0.25, -0.2) is 4.98 Å². The van der Waals surface area contributed by atoms with Gasteiger partial charge in [-0.15, -0.1) is 0 Å². The van der Waals surface area contributed by atoms with Gasteiger partial charge in [-0.05, 0) is 51.1 Å². The molecule has 0 aliphatic carbocycles. The van der Waals surface area contributed by atoms with E-state index < -0.39 is 0 Å². The van der Waals surface area contributed by atoms with E-state index in [9.17, 15) is 0 Å². The Kier molecular flexibility index (Phi) is 4.22. The first-order valence-electron chi connectivity index (χ1n) is 6.65. The Labute approximate surface area is 114 Å². The minimum atomic E-state index is 0.616. The maximum atomic E-state index is 5.64. The maximum absolute atomic E-state index is 5.64. The van der Waals surface area contributed by atoms with Crippen molar-refractivity contribution >= 4 is 0 Å². The standard InChI is InChI=1S/C15H21N3O/c1-4-19-14-6-5-12(9-10(14)2)15-13(7-8-16)17-11(3)18-15/h5-6,9H,4,7-8,16H2,1-3H3,(H,17,18). The quantitative estimate of drug-likeness (QED) is 0.867. The minimum absolute atomic E-state index is 0.616. The molecule has 1 aromatic carbocycles. The molecule has 4 heteroatoms. The maximum Gasteiger partial charge on any atom is 0.122 e. The molecule has 2 rings (SSSR count). The lowest BCUT2D eigenvalue weighted by Gasteiger charge is -2.09. The summed E-state index contributed by atoms with van der Waals surface area (Å²) in [5.41, 5.74) is 9.97. The van der Waals surface area contributed by atoms with Gasteiger partial charge >= 0.3 is 0 Å². The Morgan fingerprint density at radius 2 is 2.11 bits per heavy atom. The van der Waals surface area contributed by atoms with Crippen LogP contribution in [-0.2, 0) is 6.42 Å². The SMILES string of the molecule is CCOc1ccc(-c2nc(C)[nH]c2CCN)cc1C. The number of aromatic nitrogens is 2. The molecule has 0 saturated heterocycles. The van der Waals surface area contributed by atoms with Gasteiger partial charge in [0.15, 0.2) is 0 Å². The van der Waals surface area contributed by atoms with E-state index in [4.69, 9.17) is 10.5 Å². The number of benzene rings is 1. The van der Waals surface area contributed by atoms with Crippen LogP contribution in [0.4, 0.5) is 0 Å². The molecular formula is C15H21N3O. The lowest BCUT2D eigenvalue weighted by molar-refractivity contribution is 0.338. The highest BCUT2D eigenvalue weighted by Crippen LogP contribution is 2.27. The van der Waals surface area contributed by atoms with Crippen LogP contribution in [0.15, 0.2) is 18.2 Å². The smallest absolute Gasteiger partial charge is 0.122 e. The van der Waals surface area contributed by atoms with Gasteiger partial charge < -0.3 is 15.5 Å². The van der Waals surface area contributed by atoms with Crippen LogP contribution in [0, 0.1) is 13.8 Å². The first-order chi connectivity index (χ1) is 9.15. The zero-order chi connectivity index (χ0) is 13.8. The Morgan fingerprint density at radius 3 is 2.74 bits per heavy atom. The normalized spacial score (nSPS) is 10.7. The van der Waals surface area contributed by atoms with Crippen molar-refractivity contribution in [3.8, 4) is 17.0 Å². The summed E-state index contributed by atoms with van der Waals surface area (Å²) in [5, 5.41) is 0. The van der Waals surface area contributed by atoms with Crippen molar-refractivity contribution in [3.63, 3.8) is 0 Å². The van der Waals surface area contributed by atoms with E-state index in [2.05, 4.69) is 23.0 Å². The molecule has 0 atom stereocenters. The van der Waals surface area contributed by atoms with Crippen LogP contribution in [0.3, 0.4) is 0 Å². The molecule has 0 spiro atoms. The number of ether oxygens (including phenoxy) is 1. The van der Waals surface area contributed by atoms with E-state index in [0.717, 1.165) is 40.5 Å². The summed E-state index contributed by atoms with van der Waals surface area (Å²) < 4.78 is 5.56. The number of hydrogen-bond acceptors (Lipinski definition) is 3. The van der Waals surface area contributed by atoms with Gasteiger partial charge in [0.25, 0.3) is 0 Å². The second-order valence-corrected chi connectivity index (χ2v) is 4.60. The third kappa shape index (κ3) is 2.96. The van der Waals surface area contributed by atoms with E-state index in [1.807, 2.05) is 26.0 Å². The van der Waals surface area contributed by atoms with Gasteiger partial charge in [-0.1, -0.05) is 0 Å².